The quantitative estimate of drug-likeness (QED) is 0.627. The third-order valence-corrected chi connectivity index (χ3v) is 2.38. The Morgan fingerprint density at radius 3 is 2.79 bits per heavy atom. The molecule has 1 saturated heterocycles. The van der Waals surface area contributed by atoms with Crippen LogP contribution in [0.2, 0.25) is 0 Å². The van der Waals surface area contributed by atoms with Crippen molar-refractivity contribution in [3.05, 3.63) is 0 Å². The van der Waals surface area contributed by atoms with E-state index < -0.39 is 0 Å². The first-order valence-corrected chi connectivity index (χ1v) is 5.38. The van der Waals surface area contributed by atoms with Crippen molar-refractivity contribution in [2.24, 2.45) is 0 Å². The van der Waals surface area contributed by atoms with Gasteiger partial charge in [-0.1, -0.05) is 6.92 Å². The van der Waals surface area contributed by atoms with E-state index in [1.807, 2.05) is 13.8 Å². The second kappa shape index (κ2) is 5.98. The standard InChI is InChI=1S/C10H20N2O2/c1-3-11-6-7-12-10(13)9-5-4-8(2)14-9/h8-9,11H,3-7H2,1-2H3,(H,12,13). The highest BCUT2D eigenvalue weighted by atomic mass is 16.5. The molecule has 82 valence electrons. The number of amides is 1. The number of carbonyl (C=O) groups is 1. The number of rotatable bonds is 5. The lowest BCUT2D eigenvalue weighted by Gasteiger charge is -2.11. The minimum atomic E-state index is -0.216. The van der Waals surface area contributed by atoms with E-state index in [9.17, 15) is 4.79 Å². The average molecular weight is 200 g/mol. The predicted octanol–water partition coefficient (Wildman–Crippen LogP) is 0.280. The maximum Gasteiger partial charge on any atom is 0.249 e. The van der Waals surface area contributed by atoms with Crippen LogP contribution in [0.25, 0.3) is 0 Å². The number of hydrogen-bond donors (Lipinski definition) is 2. The summed E-state index contributed by atoms with van der Waals surface area (Å²) < 4.78 is 5.45. The Bertz CT molecular complexity index is 185. The first kappa shape index (κ1) is 11.5. The lowest BCUT2D eigenvalue weighted by Crippen LogP contribution is -2.38. The van der Waals surface area contributed by atoms with Crippen LogP contribution in [0, 0.1) is 0 Å². The van der Waals surface area contributed by atoms with E-state index in [1.165, 1.54) is 0 Å². The lowest BCUT2D eigenvalue weighted by molar-refractivity contribution is -0.131. The molecule has 0 spiro atoms. The SMILES string of the molecule is CCNCCNC(=O)C1CCC(C)O1. The molecule has 4 heteroatoms. The number of carbonyl (C=O) groups excluding carboxylic acids is 1. The molecular weight excluding hydrogens is 180 g/mol. The van der Waals surface area contributed by atoms with Crippen molar-refractivity contribution in [2.45, 2.75) is 38.9 Å². The maximum atomic E-state index is 11.5. The summed E-state index contributed by atoms with van der Waals surface area (Å²) in [4.78, 5) is 11.5. The summed E-state index contributed by atoms with van der Waals surface area (Å²) in [6.07, 6.45) is 1.87. The Hall–Kier alpha value is -0.610. The van der Waals surface area contributed by atoms with Crippen LogP contribution in [0.3, 0.4) is 0 Å². The zero-order chi connectivity index (χ0) is 10.4. The van der Waals surface area contributed by atoms with E-state index in [0.29, 0.717) is 6.54 Å². The Labute approximate surface area is 85.4 Å². The molecule has 1 aliphatic heterocycles. The van der Waals surface area contributed by atoms with Crippen molar-refractivity contribution in [1.82, 2.24) is 10.6 Å². The van der Waals surface area contributed by atoms with Crippen LogP contribution >= 0.6 is 0 Å². The van der Waals surface area contributed by atoms with E-state index in [2.05, 4.69) is 10.6 Å². The fraction of sp³-hybridized carbons (Fsp3) is 0.900. The van der Waals surface area contributed by atoms with Gasteiger partial charge in [0.25, 0.3) is 0 Å². The van der Waals surface area contributed by atoms with Crippen LogP contribution in [0.4, 0.5) is 0 Å². The van der Waals surface area contributed by atoms with Gasteiger partial charge >= 0.3 is 0 Å². The molecule has 2 atom stereocenters. The maximum absolute atomic E-state index is 11.5. The van der Waals surface area contributed by atoms with Crippen molar-refractivity contribution >= 4 is 5.91 Å². The van der Waals surface area contributed by atoms with Crippen LogP contribution in [0.1, 0.15) is 26.7 Å². The summed E-state index contributed by atoms with van der Waals surface area (Å²) >= 11 is 0. The van der Waals surface area contributed by atoms with Gasteiger partial charge in [0, 0.05) is 13.1 Å². The number of ether oxygens (including phenoxy) is 1. The van der Waals surface area contributed by atoms with Crippen LogP contribution in [0.15, 0.2) is 0 Å². The Balaban J connectivity index is 2.09. The third kappa shape index (κ3) is 3.64. The van der Waals surface area contributed by atoms with Crippen LogP contribution < -0.4 is 10.6 Å². The third-order valence-electron chi connectivity index (χ3n) is 2.38. The summed E-state index contributed by atoms with van der Waals surface area (Å²) in [5.41, 5.74) is 0. The largest absolute Gasteiger partial charge is 0.365 e. The molecule has 1 heterocycles. The van der Waals surface area contributed by atoms with E-state index in [-0.39, 0.29) is 18.1 Å². The normalized spacial score (nSPS) is 26.4. The molecule has 0 aromatic rings. The zero-order valence-corrected chi connectivity index (χ0v) is 9.01. The molecule has 4 nitrogen and oxygen atoms in total. The molecule has 2 N–H and O–H groups in total. The second-order valence-electron chi connectivity index (χ2n) is 3.66. The molecule has 0 aromatic heterocycles. The topological polar surface area (TPSA) is 50.4 Å². The first-order chi connectivity index (χ1) is 6.74. The van der Waals surface area contributed by atoms with Crippen LogP contribution in [0.5, 0.6) is 0 Å². The summed E-state index contributed by atoms with van der Waals surface area (Å²) in [5, 5.41) is 6.00. The van der Waals surface area contributed by atoms with E-state index in [4.69, 9.17) is 4.74 Å². The smallest absolute Gasteiger partial charge is 0.249 e. The second-order valence-corrected chi connectivity index (χ2v) is 3.66. The van der Waals surface area contributed by atoms with Gasteiger partial charge in [0.05, 0.1) is 6.10 Å². The molecule has 0 aromatic carbocycles. The van der Waals surface area contributed by atoms with Gasteiger partial charge in [-0.05, 0) is 26.3 Å². The summed E-state index contributed by atoms with van der Waals surface area (Å²) in [5.74, 6) is 0.0345. The molecule has 1 fully saturated rings. The van der Waals surface area contributed by atoms with Crippen molar-refractivity contribution in [1.29, 1.82) is 0 Å². The monoisotopic (exact) mass is 200 g/mol. The van der Waals surface area contributed by atoms with Crippen molar-refractivity contribution in [3.8, 4) is 0 Å². The summed E-state index contributed by atoms with van der Waals surface area (Å²) in [7, 11) is 0. The Kier molecular flexibility index (Phi) is 4.90. The fourth-order valence-corrected chi connectivity index (χ4v) is 1.56. The number of nitrogens with one attached hydrogen (secondary N) is 2. The number of hydrogen-bond acceptors (Lipinski definition) is 3. The molecule has 1 rings (SSSR count). The minimum absolute atomic E-state index is 0.0345. The van der Waals surface area contributed by atoms with Crippen LogP contribution in [-0.4, -0.2) is 37.7 Å². The van der Waals surface area contributed by atoms with Crippen molar-refractivity contribution < 1.29 is 9.53 Å². The highest BCUT2D eigenvalue weighted by molar-refractivity contribution is 5.80. The molecule has 0 aliphatic carbocycles. The fourth-order valence-electron chi connectivity index (χ4n) is 1.56. The first-order valence-electron chi connectivity index (χ1n) is 5.38. The van der Waals surface area contributed by atoms with Gasteiger partial charge in [0.1, 0.15) is 6.10 Å². The van der Waals surface area contributed by atoms with Gasteiger partial charge in [-0.15, -0.1) is 0 Å². The molecule has 0 saturated carbocycles. The molecule has 14 heavy (non-hydrogen) atoms. The van der Waals surface area contributed by atoms with Crippen molar-refractivity contribution in [2.75, 3.05) is 19.6 Å². The Morgan fingerprint density at radius 1 is 1.43 bits per heavy atom. The average Bonchev–Trinajstić information content (AvgIpc) is 2.59. The van der Waals surface area contributed by atoms with Gasteiger partial charge < -0.3 is 15.4 Å². The zero-order valence-electron chi connectivity index (χ0n) is 9.01. The Morgan fingerprint density at radius 2 is 2.21 bits per heavy atom. The highest BCUT2D eigenvalue weighted by Crippen LogP contribution is 2.18. The molecule has 1 amide bonds. The molecule has 2 unspecified atom stereocenters. The van der Waals surface area contributed by atoms with Gasteiger partial charge in [0.15, 0.2) is 0 Å². The lowest BCUT2D eigenvalue weighted by atomic mass is 10.2. The summed E-state index contributed by atoms with van der Waals surface area (Å²) in [6.45, 7) is 6.49. The molecule has 0 bridgehead atoms. The van der Waals surface area contributed by atoms with Gasteiger partial charge in [-0.3, -0.25) is 4.79 Å². The van der Waals surface area contributed by atoms with E-state index in [0.717, 1.165) is 25.9 Å². The highest BCUT2D eigenvalue weighted by Gasteiger charge is 2.27. The molecule has 0 radical (unpaired) electrons. The van der Waals surface area contributed by atoms with Gasteiger partial charge in [-0.25, -0.2) is 0 Å². The van der Waals surface area contributed by atoms with Gasteiger partial charge in [0.2, 0.25) is 5.91 Å². The van der Waals surface area contributed by atoms with E-state index >= 15 is 0 Å². The number of likely N-dealkylation sites (N-methyl/N-ethyl adjacent to an activating group) is 1. The summed E-state index contributed by atoms with van der Waals surface area (Å²) in [6, 6.07) is 0. The van der Waals surface area contributed by atoms with Gasteiger partial charge in [-0.2, -0.15) is 0 Å². The molecule has 1 aliphatic rings. The van der Waals surface area contributed by atoms with Crippen molar-refractivity contribution in [3.63, 3.8) is 0 Å². The van der Waals surface area contributed by atoms with Crippen LogP contribution in [-0.2, 0) is 9.53 Å². The predicted molar refractivity (Wildman–Crippen MR) is 55.1 cm³/mol. The molecular formula is C10H20N2O2. The minimum Gasteiger partial charge on any atom is -0.365 e. The van der Waals surface area contributed by atoms with E-state index in [1.54, 1.807) is 0 Å².